The van der Waals surface area contributed by atoms with E-state index in [9.17, 15) is 23.6 Å². The number of amides is 2. The van der Waals surface area contributed by atoms with E-state index in [2.05, 4.69) is 21.9 Å². The van der Waals surface area contributed by atoms with Crippen molar-refractivity contribution in [1.29, 1.82) is 5.26 Å². The van der Waals surface area contributed by atoms with E-state index in [4.69, 9.17) is 4.74 Å². The number of methoxy groups -OCH3 is 1. The van der Waals surface area contributed by atoms with Crippen molar-refractivity contribution < 1.29 is 23.1 Å². The van der Waals surface area contributed by atoms with Gasteiger partial charge in [-0.3, -0.25) is 9.59 Å². The highest BCUT2D eigenvalue weighted by Gasteiger charge is 2.49. The summed E-state index contributed by atoms with van der Waals surface area (Å²) in [6.45, 7) is 3.70. The monoisotopic (exact) mass is 508 g/mol. The molecule has 0 saturated carbocycles. The van der Waals surface area contributed by atoms with Crippen LogP contribution in [0.15, 0.2) is 30.6 Å². The predicted molar refractivity (Wildman–Crippen MR) is 130 cm³/mol. The normalized spacial score (nSPS) is 22.5. The van der Waals surface area contributed by atoms with Crippen LogP contribution in [0.2, 0.25) is 0 Å². The Morgan fingerprint density at radius 1 is 1.38 bits per heavy atom. The summed E-state index contributed by atoms with van der Waals surface area (Å²) in [6.07, 6.45) is 2.01. The van der Waals surface area contributed by atoms with Gasteiger partial charge in [0.05, 0.1) is 36.8 Å². The summed E-state index contributed by atoms with van der Waals surface area (Å²) in [5.41, 5.74) is 1.25. The number of benzene rings is 1. The summed E-state index contributed by atoms with van der Waals surface area (Å²) in [6, 6.07) is 6.39. The zero-order valence-corrected chi connectivity index (χ0v) is 20.4. The number of piperazine rings is 1. The van der Waals surface area contributed by atoms with Gasteiger partial charge in [-0.1, -0.05) is 18.7 Å². The van der Waals surface area contributed by atoms with Crippen LogP contribution in [0.5, 0.6) is 6.01 Å². The largest absolute Gasteiger partial charge is 0.467 e. The fraction of sp³-hybridized carbons (Fsp3) is 0.423. The molecule has 0 radical (unpaired) electrons. The van der Waals surface area contributed by atoms with Gasteiger partial charge in [-0.05, 0) is 36.5 Å². The molecule has 3 aliphatic rings. The Bertz CT molecular complexity index is 1340. The van der Waals surface area contributed by atoms with Crippen molar-refractivity contribution in [3.8, 4) is 12.1 Å². The molecule has 1 aromatic heterocycles. The predicted octanol–water partition coefficient (Wildman–Crippen LogP) is 2.81. The Balaban J connectivity index is 1.54. The zero-order valence-electron chi connectivity index (χ0n) is 20.4. The molecule has 1 aromatic carbocycles. The quantitative estimate of drug-likeness (QED) is 0.632. The van der Waals surface area contributed by atoms with E-state index in [1.807, 2.05) is 17.0 Å². The molecule has 0 bridgehead atoms. The van der Waals surface area contributed by atoms with Crippen molar-refractivity contribution in [3.63, 3.8) is 0 Å². The van der Waals surface area contributed by atoms with E-state index in [1.54, 1.807) is 6.07 Å². The van der Waals surface area contributed by atoms with Crippen LogP contribution in [0.1, 0.15) is 36.1 Å². The maximum Gasteiger partial charge on any atom is 0.318 e. The number of rotatable bonds is 4. The molecule has 11 heteroatoms. The fourth-order valence-electron chi connectivity index (χ4n) is 5.78. The Labute approximate surface area is 212 Å². The Morgan fingerprint density at radius 3 is 2.92 bits per heavy atom. The van der Waals surface area contributed by atoms with Crippen LogP contribution in [0.25, 0.3) is 0 Å². The molecule has 2 unspecified atom stereocenters. The van der Waals surface area contributed by atoms with Crippen LogP contribution in [0.4, 0.5) is 20.3 Å². The number of nitrogens with zero attached hydrogens (tertiary/aromatic N) is 5. The maximum atomic E-state index is 14.6. The highest BCUT2D eigenvalue weighted by Crippen LogP contribution is 2.47. The second-order valence-corrected chi connectivity index (χ2v) is 9.55. The van der Waals surface area contributed by atoms with Crippen molar-refractivity contribution in [2.24, 2.45) is 0 Å². The molecule has 192 valence electrons. The third-order valence-corrected chi connectivity index (χ3v) is 7.54. The third kappa shape index (κ3) is 4.06. The SMILES string of the molecule is C=C(F)C(=O)N1CCN(c2nc(OC)nc3c2NC(=O)C2(CCCc4c(F)cccc42)C3)CC1CC#N. The third-order valence-electron chi connectivity index (χ3n) is 7.54. The maximum absolute atomic E-state index is 14.6. The molecule has 5 rings (SSSR count). The van der Waals surface area contributed by atoms with Crippen LogP contribution < -0.4 is 15.0 Å². The Morgan fingerprint density at radius 2 is 2.19 bits per heavy atom. The van der Waals surface area contributed by atoms with E-state index < -0.39 is 23.2 Å². The number of hydrogen-bond donors (Lipinski definition) is 1. The van der Waals surface area contributed by atoms with Crippen molar-refractivity contribution in [1.82, 2.24) is 14.9 Å². The molecule has 2 aromatic rings. The molecule has 9 nitrogen and oxygen atoms in total. The standard InChI is InChI=1S/C26H26F2N6O3/c1-15(27)23(35)34-12-11-33(14-16(34)8-10-29)22-21-20(30-25(32-22)37-2)13-26(24(36)31-21)9-4-5-17-18(26)6-3-7-19(17)28/h3,6-7,16H,1,4-5,8-9,11-14H2,2H3,(H,31,36). The topological polar surface area (TPSA) is 111 Å². The van der Waals surface area contributed by atoms with Crippen LogP contribution >= 0.6 is 0 Å². The van der Waals surface area contributed by atoms with E-state index in [0.29, 0.717) is 47.6 Å². The Hall–Kier alpha value is -4.07. The molecule has 2 amide bonds. The molecule has 1 saturated heterocycles. The van der Waals surface area contributed by atoms with E-state index in [-0.39, 0.29) is 50.2 Å². The summed E-state index contributed by atoms with van der Waals surface area (Å²) >= 11 is 0. The second kappa shape index (κ2) is 9.42. The summed E-state index contributed by atoms with van der Waals surface area (Å²) in [7, 11) is 1.44. The van der Waals surface area contributed by atoms with E-state index in [1.165, 1.54) is 18.1 Å². The molecule has 2 aliphatic heterocycles. The average Bonchev–Trinajstić information content (AvgIpc) is 2.89. The highest BCUT2D eigenvalue weighted by atomic mass is 19.1. The fourth-order valence-corrected chi connectivity index (χ4v) is 5.78. The van der Waals surface area contributed by atoms with Crippen LogP contribution in [0, 0.1) is 17.1 Å². The van der Waals surface area contributed by atoms with Gasteiger partial charge in [-0.2, -0.15) is 15.2 Å². The second-order valence-electron chi connectivity index (χ2n) is 9.55. The van der Waals surface area contributed by atoms with Crippen LogP contribution in [-0.4, -0.2) is 59.5 Å². The van der Waals surface area contributed by atoms with Gasteiger partial charge < -0.3 is 19.9 Å². The molecule has 1 fully saturated rings. The zero-order chi connectivity index (χ0) is 26.3. The molecule has 1 N–H and O–H groups in total. The lowest BCUT2D eigenvalue weighted by Crippen LogP contribution is -2.56. The van der Waals surface area contributed by atoms with Gasteiger partial charge in [0.25, 0.3) is 5.91 Å². The Kier molecular flexibility index (Phi) is 6.27. The number of nitrogens with one attached hydrogen (secondary N) is 1. The first-order valence-electron chi connectivity index (χ1n) is 12.1. The van der Waals surface area contributed by atoms with Gasteiger partial charge in [0.1, 0.15) is 11.5 Å². The minimum Gasteiger partial charge on any atom is -0.467 e. The number of nitriles is 1. The van der Waals surface area contributed by atoms with Crippen molar-refractivity contribution in [2.45, 2.75) is 43.6 Å². The lowest BCUT2D eigenvalue weighted by atomic mass is 9.65. The minimum atomic E-state index is -1.08. The van der Waals surface area contributed by atoms with E-state index >= 15 is 0 Å². The van der Waals surface area contributed by atoms with Gasteiger partial charge in [0, 0.05) is 26.1 Å². The summed E-state index contributed by atoms with van der Waals surface area (Å²) in [5.74, 6) is -2.10. The molecule has 1 aliphatic carbocycles. The summed E-state index contributed by atoms with van der Waals surface area (Å²) < 4.78 is 33.6. The first-order chi connectivity index (χ1) is 17.8. The van der Waals surface area contributed by atoms with Gasteiger partial charge in [0.2, 0.25) is 5.91 Å². The number of fused-ring (bicyclic) bond motifs is 3. The highest BCUT2D eigenvalue weighted by molar-refractivity contribution is 6.04. The van der Waals surface area contributed by atoms with Crippen molar-refractivity contribution in [3.05, 3.63) is 53.2 Å². The molecule has 1 spiro atoms. The van der Waals surface area contributed by atoms with Crippen LogP contribution in [0.3, 0.4) is 0 Å². The number of carbonyl (C=O) groups is 2. The van der Waals surface area contributed by atoms with E-state index in [0.717, 1.165) is 0 Å². The molecule has 37 heavy (non-hydrogen) atoms. The van der Waals surface area contributed by atoms with Gasteiger partial charge in [-0.25, -0.2) is 8.78 Å². The number of hydrogen-bond acceptors (Lipinski definition) is 7. The summed E-state index contributed by atoms with van der Waals surface area (Å²) in [5, 5.41) is 12.3. The number of ether oxygens (including phenoxy) is 1. The number of anilines is 2. The number of halogens is 2. The molecule has 2 atom stereocenters. The van der Waals surface area contributed by atoms with Crippen molar-refractivity contribution in [2.75, 3.05) is 37.0 Å². The molecular weight excluding hydrogens is 482 g/mol. The first-order valence-corrected chi connectivity index (χ1v) is 12.1. The number of carbonyl (C=O) groups excluding carboxylic acids is 2. The smallest absolute Gasteiger partial charge is 0.318 e. The minimum absolute atomic E-state index is 0.0161. The van der Waals surface area contributed by atoms with Gasteiger partial charge >= 0.3 is 6.01 Å². The average molecular weight is 509 g/mol. The molecule has 3 heterocycles. The lowest BCUT2D eigenvalue weighted by molar-refractivity contribution is -0.131. The van der Waals surface area contributed by atoms with Crippen molar-refractivity contribution >= 4 is 23.3 Å². The van der Waals surface area contributed by atoms with Crippen LogP contribution in [-0.2, 0) is 27.8 Å². The molecular formula is C26H26F2N6O3. The van der Waals surface area contributed by atoms with Gasteiger partial charge in [-0.15, -0.1) is 0 Å². The number of aromatic nitrogens is 2. The van der Waals surface area contributed by atoms with Gasteiger partial charge in [0.15, 0.2) is 11.6 Å². The lowest BCUT2D eigenvalue weighted by Gasteiger charge is -2.44. The first kappa shape index (κ1) is 24.6. The summed E-state index contributed by atoms with van der Waals surface area (Å²) in [4.78, 5) is 38.2.